The smallest absolute Gasteiger partial charge is 0.0722 e. The lowest BCUT2D eigenvalue weighted by Gasteiger charge is -2.09. The number of benzene rings is 1. The monoisotopic (exact) mass is 253 g/mol. The van der Waals surface area contributed by atoms with Crippen LogP contribution in [0.2, 0.25) is 0 Å². The van der Waals surface area contributed by atoms with Crippen molar-refractivity contribution in [2.75, 3.05) is 17.6 Å². The lowest BCUT2D eigenvalue weighted by Crippen LogP contribution is -2.11. The van der Waals surface area contributed by atoms with Crippen molar-refractivity contribution < 1.29 is 0 Å². The van der Waals surface area contributed by atoms with E-state index in [0.29, 0.717) is 5.69 Å². The Hall–Kier alpha value is -2.56. The second kappa shape index (κ2) is 4.97. The van der Waals surface area contributed by atoms with Crippen LogP contribution in [-0.4, -0.2) is 21.3 Å². The van der Waals surface area contributed by atoms with Crippen molar-refractivity contribution in [2.24, 2.45) is 0 Å². The second-order valence-corrected chi connectivity index (χ2v) is 4.34. The number of hydrogen-bond acceptors (Lipinski definition) is 4. The van der Waals surface area contributed by atoms with Gasteiger partial charge in [0, 0.05) is 30.0 Å². The summed E-state index contributed by atoms with van der Waals surface area (Å²) < 4.78 is 1.83. The van der Waals surface area contributed by atoms with Crippen LogP contribution in [0.15, 0.2) is 48.9 Å². The maximum Gasteiger partial charge on any atom is 0.0722 e. The predicted molar refractivity (Wildman–Crippen MR) is 76.9 cm³/mol. The van der Waals surface area contributed by atoms with E-state index in [1.54, 1.807) is 6.20 Å². The van der Waals surface area contributed by atoms with E-state index in [0.717, 1.165) is 29.7 Å². The van der Waals surface area contributed by atoms with E-state index < -0.39 is 0 Å². The van der Waals surface area contributed by atoms with Gasteiger partial charge in [-0.1, -0.05) is 18.2 Å². The highest BCUT2D eigenvalue weighted by atomic mass is 15.3. The van der Waals surface area contributed by atoms with Crippen molar-refractivity contribution in [2.45, 2.75) is 6.54 Å². The number of nitrogens with two attached hydrogens (primary N) is 1. The van der Waals surface area contributed by atoms with Gasteiger partial charge >= 0.3 is 0 Å². The van der Waals surface area contributed by atoms with Crippen molar-refractivity contribution in [1.29, 1.82) is 0 Å². The Morgan fingerprint density at radius 3 is 2.95 bits per heavy atom. The van der Waals surface area contributed by atoms with Crippen molar-refractivity contribution in [3.05, 3.63) is 48.9 Å². The molecule has 3 aromatic rings. The summed E-state index contributed by atoms with van der Waals surface area (Å²) in [4.78, 5) is 4.34. The number of nitrogens with one attached hydrogen (secondary N) is 1. The quantitative estimate of drug-likeness (QED) is 0.747. The Morgan fingerprint density at radius 1 is 1.21 bits per heavy atom. The molecule has 0 aliphatic carbocycles. The second-order valence-electron chi connectivity index (χ2n) is 4.34. The molecule has 2 aromatic heterocycles. The molecular weight excluding hydrogens is 238 g/mol. The van der Waals surface area contributed by atoms with Crippen LogP contribution in [-0.2, 0) is 6.54 Å². The van der Waals surface area contributed by atoms with Gasteiger partial charge in [-0.3, -0.25) is 9.67 Å². The van der Waals surface area contributed by atoms with Crippen LogP contribution in [0.5, 0.6) is 0 Å². The van der Waals surface area contributed by atoms with Gasteiger partial charge in [0.25, 0.3) is 0 Å². The topological polar surface area (TPSA) is 68.8 Å². The third kappa shape index (κ3) is 2.49. The molecule has 2 heterocycles. The van der Waals surface area contributed by atoms with Gasteiger partial charge in [-0.05, 0) is 12.1 Å². The standard InChI is InChI=1S/C14H15N5/c15-11-9-18-19(10-11)8-7-17-14-5-6-16-13-4-2-1-3-12(13)14/h1-6,9-10H,7-8,15H2,(H,16,17). The van der Waals surface area contributed by atoms with Crippen molar-refractivity contribution in [1.82, 2.24) is 14.8 Å². The number of nitrogens with zero attached hydrogens (tertiary/aromatic N) is 3. The summed E-state index contributed by atoms with van der Waals surface area (Å²) in [5.41, 5.74) is 8.40. The highest BCUT2D eigenvalue weighted by Crippen LogP contribution is 2.20. The zero-order valence-corrected chi connectivity index (χ0v) is 10.5. The van der Waals surface area contributed by atoms with Crippen LogP contribution < -0.4 is 11.1 Å². The molecule has 0 saturated carbocycles. The van der Waals surface area contributed by atoms with Gasteiger partial charge in [0.15, 0.2) is 0 Å². The maximum absolute atomic E-state index is 5.62. The van der Waals surface area contributed by atoms with Gasteiger partial charge in [-0.15, -0.1) is 0 Å². The van der Waals surface area contributed by atoms with Gasteiger partial charge in [0.1, 0.15) is 0 Å². The maximum atomic E-state index is 5.62. The molecule has 19 heavy (non-hydrogen) atoms. The van der Waals surface area contributed by atoms with Gasteiger partial charge in [-0.2, -0.15) is 5.10 Å². The molecule has 5 heteroatoms. The van der Waals surface area contributed by atoms with E-state index in [1.165, 1.54) is 0 Å². The Balaban J connectivity index is 1.71. The van der Waals surface area contributed by atoms with Crippen molar-refractivity contribution >= 4 is 22.3 Å². The fourth-order valence-electron chi connectivity index (χ4n) is 2.06. The Morgan fingerprint density at radius 2 is 2.11 bits per heavy atom. The zero-order valence-electron chi connectivity index (χ0n) is 10.5. The first kappa shape index (κ1) is 11.5. The number of anilines is 2. The fourth-order valence-corrected chi connectivity index (χ4v) is 2.06. The van der Waals surface area contributed by atoms with Crippen LogP contribution in [0.1, 0.15) is 0 Å². The van der Waals surface area contributed by atoms with E-state index >= 15 is 0 Å². The molecule has 0 aliphatic heterocycles. The van der Waals surface area contributed by atoms with E-state index in [-0.39, 0.29) is 0 Å². The minimum absolute atomic E-state index is 0.689. The van der Waals surface area contributed by atoms with Crippen LogP contribution in [0.3, 0.4) is 0 Å². The minimum Gasteiger partial charge on any atom is -0.396 e. The van der Waals surface area contributed by atoms with Crippen LogP contribution in [0.4, 0.5) is 11.4 Å². The summed E-state index contributed by atoms with van der Waals surface area (Å²) in [6.07, 6.45) is 5.30. The third-order valence-electron chi connectivity index (χ3n) is 2.96. The molecule has 0 unspecified atom stereocenters. The molecule has 0 fully saturated rings. The third-order valence-corrected chi connectivity index (χ3v) is 2.96. The Bertz CT molecular complexity index is 684. The molecule has 0 atom stereocenters. The van der Waals surface area contributed by atoms with Crippen molar-refractivity contribution in [3.8, 4) is 0 Å². The van der Waals surface area contributed by atoms with E-state index in [9.17, 15) is 0 Å². The molecule has 3 rings (SSSR count). The SMILES string of the molecule is Nc1cnn(CCNc2ccnc3ccccc23)c1. The van der Waals surface area contributed by atoms with Gasteiger partial charge in [0.2, 0.25) is 0 Å². The average Bonchev–Trinajstić information content (AvgIpc) is 2.85. The van der Waals surface area contributed by atoms with Crippen LogP contribution >= 0.6 is 0 Å². The fraction of sp³-hybridized carbons (Fsp3) is 0.143. The lowest BCUT2D eigenvalue weighted by molar-refractivity contribution is 0.638. The summed E-state index contributed by atoms with van der Waals surface area (Å²) in [6.45, 7) is 1.56. The normalized spacial score (nSPS) is 10.7. The predicted octanol–water partition coefficient (Wildman–Crippen LogP) is 2.13. The Kier molecular flexibility index (Phi) is 3.02. The van der Waals surface area contributed by atoms with Gasteiger partial charge < -0.3 is 11.1 Å². The molecule has 96 valence electrons. The first-order valence-corrected chi connectivity index (χ1v) is 6.18. The zero-order chi connectivity index (χ0) is 13.1. The van der Waals surface area contributed by atoms with Gasteiger partial charge in [0.05, 0.1) is 23.9 Å². The molecule has 0 saturated heterocycles. The number of rotatable bonds is 4. The lowest BCUT2D eigenvalue weighted by atomic mass is 10.2. The summed E-state index contributed by atoms with van der Waals surface area (Å²) >= 11 is 0. The number of pyridine rings is 1. The van der Waals surface area contributed by atoms with E-state index in [2.05, 4.69) is 21.5 Å². The molecular formula is C14H15N5. The summed E-state index contributed by atoms with van der Waals surface area (Å²) in [6, 6.07) is 10.1. The highest BCUT2D eigenvalue weighted by molar-refractivity contribution is 5.90. The number of para-hydroxylation sites is 1. The van der Waals surface area contributed by atoms with E-state index in [4.69, 9.17) is 5.73 Å². The number of fused-ring (bicyclic) bond motifs is 1. The first-order chi connectivity index (χ1) is 9.33. The number of hydrogen-bond donors (Lipinski definition) is 2. The summed E-state index contributed by atoms with van der Waals surface area (Å²) in [7, 11) is 0. The summed E-state index contributed by atoms with van der Waals surface area (Å²) in [5.74, 6) is 0. The van der Waals surface area contributed by atoms with Crippen molar-refractivity contribution in [3.63, 3.8) is 0 Å². The number of nitrogen functional groups attached to an aromatic ring is 1. The molecule has 3 N–H and O–H groups in total. The molecule has 0 aliphatic rings. The minimum atomic E-state index is 0.689. The Labute approximate surface area is 111 Å². The average molecular weight is 253 g/mol. The van der Waals surface area contributed by atoms with Gasteiger partial charge in [-0.25, -0.2) is 0 Å². The molecule has 0 bridgehead atoms. The summed E-state index contributed by atoms with van der Waals surface area (Å²) in [5, 5.41) is 8.68. The molecule has 0 spiro atoms. The van der Waals surface area contributed by atoms with E-state index in [1.807, 2.05) is 41.3 Å². The number of aromatic nitrogens is 3. The highest BCUT2D eigenvalue weighted by Gasteiger charge is 2.00. The first-order valence-electron chi connectivity index (χ1n) is 6.18. The molecule has 5 nitrogen and oxygen atoms in total. The molecule has 0 amide bonds. The largest absolute Gasteiger partial charge is 0.396 e. The molecule has 1 aromatic carbocycles. The van der Waals surface area contributed by atoms with Crippen LogP contribution in [0.25, 0.3) is 10.9 Å². The molecule has 0 radical (unpaired) electrons. The van der Waals surface area contributed by atoms with Crippen LogP contribution in [0, 0.1) is 0 Å².